The zero-order valence-electron chi connectivity index (χ0n) is 16.4. The van der Waals surface area contributed by atoms with Crippen LogP contribution >= 0.6 is 11.3 Å². The number of hydrogen-bond acceptors (Lipinski definition) is 4. The Kier molecular flexibility index (Phi) is 5.86. The molecule has 2 aromatic carbocycles. The first-order valence-electron chi connectivity index (χ1n) is 9.67. The molecule has 2 heterocycles. The van der Waals surface area contributed by atoms with Gasteiger partial charge in [0, 0.05) is 36.4 Å². The molecular weight excluding hydrogens is 429 g/mol. The first-order valence-corrected chi connectivity index (χ1v) is 10.5. The Morgan fingerprint density at radius 1 is 0.903 bits per heavy atom. The van der Waals surface area contributed by atoms with Gasteiger partial charge >= 0.3 is 6.18 Å². The number of fused-ring (bicyclic) bond motifs is 1. The smallest absolute Gasteiger partial charge is 0.422 e. The predicted molar refractivity (Wildman–Crippen MR) is 112 cm³/mol. The summed E-state index contributed by atoms with van der Waals surface area (Å²) >= 11 is 1.45. The van der Waals surface area contributed by atoms with Crippen LogP contribution in [0.15, 0.2) is 54.6 Å². The normalized spacial score (nSPS) is 14.7. The molecule has 0 radical (unpaired) electrons. The first-order chi connectivity index (χ1) is 14.8. The van der Waals surface area contributed by atoms with E-state index in [-0.39, 0.29) is 23.1 Å². The molecule has 2 amide bonds. The fraction of sp³-hybridized carbons (Fsp3) is 0.273. The van der Waals surface area contributed by atoms with Crippen LogP contribution in [0, 0.1) is 0 Å². The van der Waals surface area contributed by atoms with Gasteiger partial charge < -0.3 is 14.5 Å². The van der Waals surface area contributed by atoms with Crippen LogP contribution < -0.4 is 4.74 Å². The number of hydrogen-bond donors (Lipinski definition) is 0. The number of rotatable bonds is 4. The largest absolute Gasteiger partial charge is 0.484 e. The summed E-state index contributed by atoms with van der Waals surface area (Å²) in [6.07, 6.45) is -4.45. The van der Waals surface area contributed by atoms with Crippen LogP contribution in [0.3, 0.4) is 0 Å². The maximum Gasteiger partial charge on any atom is 0.422 e. The number of alkyl halides is 3. The summed E-state index contributed by atoms with van der Waals surface area (Å²) in [6, 6.07) is 15.4. The second-order valence-electron chi connectivity index (χ2n) is 7.16. The van der Waals surface area contributed by atoms with Gasteiger partial charge in [-0.25, -0.2) is 0 Å². The van der Waals surface area contributed by atoms with E-state index >= 15 is 0 Å². The van der Waals surface area contributed by atoms with Gasteiger partial charge in [-0.15, -0.1) is 11.3 Å². The first kappa shape index (κ1) is 21.2. The second kappa shape index (κ2) is 8.58. The molecule has 4 rings (SSSR count). The Bertz CT molecular complexity index is 1070. The van der Waals surface area contributed by atoms with E-state index in [1.807, 2.05) is 30.3 Å². The number of benzene rings is 2. The maximum atomic E-state index is 12.8. The average Bonchev–Trinajstić information content (AvgIpc) is 3.21. The van der Waals surface area contributed by atoms with E-state index in [1.165, 1.54) is 35.6 Å². The number of thiophene rings is 1. The fourth-order valence-corrected chi connectivity index (χ4v) is 4.45. The Labute approximate surface area is 180 Å². The second-order valence-corrected chi connectivity index (χ2v) is 8.25. The highest BCUT2D eigenvalue weighted by Gasteiger charge is 2.29. The zero-order chi connectivity index (χ0) is 22.0. The van der Waals surface area contributed by atoms with Crippen molar-refractivity contribution in [1.82, 2.24) is 9.80 Å². The van der Waals surface area contributed by atoms with Gasteiger partial charge in [-0.1, -0.05) is 24.3 Å². The van der Waals surface area contributed by atoms with Gasteiger partial charge in [-0.2, -0.15) is 13.2 Å². The highest BCUT2D eigenvalue weighted by molar-refractivity contribution is 7.20. The van der Waals surface area contributed by atoms with Crippen LogP contribution in [0.5, 0.6) is 5.75 Å². The molecule has 1 fully saturated rings. The molecule has 0 bridgehead atoms. The van der Waals surface area contributed by atoms with Crippen molar-refractivity contribution >= 4 is 33.2 Å². The summed E-state index contributed by atoms with van der Waals surface area (Å²) in [6.45, 7) is 0.0710. The van der Waals surface area contributed by atoms with Crippen LogP contribution in [-0.2, 0) is 0 Å². The molecule has 0 unspecified atom stereocenters. The molecule has 3 aromatic rings. The number of carbonyl (C=O) groups excluding carboxylic acids is 2. The lowest BCUT2D eigenvalue weighted by molar-refractivity contribution is -0.153. The molecule has 1 aromatic heterocycles. The Hall–Kier alpha value is -3.07. The minimum absolute atomic E-state index is 0.0123. The molecule has 1 saturated heterocycles. The number of amides is 2. The molecule has 1 aliphatic rings. The fourth-order valence-electron chi connectivity index (χ4n) is 3.42. The summed E-state index contributed by atoms with van der Waals surface area (Å²) in [5, 5.41) is 1.03. The van der Waals surface area contributed by atoms with Crippen LogP contribution in [-0.4, -0.2) is 60.6 Å². The Morgan fingerprint density at radius 3 is 2.26 bits per heavy atom. The van der Waals surface area contributed by atoms with Gasteiger partial charge in [0.05, 0.1) is 4.88 Å². The Balaban J connectivity index is 1.37. The van der Waals surface area contributed by atoms with E-state index in [4.69, 9.17) is 4.74 Å². The van der Waals surface area contributed by atoms with Crippen molar-refractivity contribution in [2.24, 2.45) is 0 Å². The summed E-state index contributed by atoms with van der Waals surface area (Å²) in [5.41, 5.74) is 0.254. The van der Waals surface area contributed by atoms with Gasteiger partial charge in [0.2, 0.25) is 0 Å². The lowest BCUT2D eigenvalue weighted by Gasteiger charge is -2.34. The van der Waals surface area contributed by atoms with E-state index in [1.54, 1.807) is 9.80 Å². The number of nitrogens with zero attached hydrogens (tertiary/aromatic N) is 2. The Morgan fingerprint density at radius 2 is 1.58 bits per heavy atom. The highest BCUT2D eigenvalue weighted by Crippen LogP contribution is 2.27. The molecule has 0 N–H and O–H groups in total. The standard InChI is InChI=1S/C22H19F3N2O3S/c23-22(24,25)14-30-17-6-3-5-16(12-17)20(28)26-8-10-27(11-9-26)21(29)19-13-15-4-1-2-7-18(15)31-19/h1-7,12-13H,8-11,14H2. The number of ether oxygens (including phenoxy) is 1. The molecule has 5 nitrogen and oxygen atoms in total. The minimum atomic E-state index is -4.45. The quantitative estimate of drug-likeness (QED) is 0.593. The van der Waals surface area contributed by atoms with Crippen LogP contribution in [0.4, 0.5) is 13.2 Å². The lowest BCUT2D eigenvalue weighted by atomic mass is 10.1. The van der Waals surface area contributed by atoms with Crippen molar-refractivity contribution in [1.29, 1.82) is 0 Å². The van der Waals surface area contributed by atoms with Gasteiger partial charge in [-0.05, 0) is 35.7 Å². The van der Waals surface area contributed by atoms with Crippen molar-refractivity contribution < 1.29 is 27.5 Å². The SMILES string of the molecule is O=C(c1cccc(OCC(F)(F)F)c1)N1CCN(C(=O)c2cc3ccccc3s2)CC1. The summed E-state index contributed by atoms with van der Waals surface area (Å²) in [5.74, 6) is -0.371. The molecule has 31 heavy (non-hydrogen) atoms. The van der Waals surface area contributed by atoms with Crippen molar-refractivity contribution in [3.05, 3.63) is 65.0 Å². The van der Waals surface area contributed by atoms with E-state index in [9.17, 15) is 22.8 Å². The van der Waals surface area contributed by atoms with Crippen molar-refractivity contribution in [2.45, 2.75) is 6.18 Å². The molecule has 0 aliphatic carbocycles. The molecule has 0 atom stereocenters. The molecule has 0 saturated carbocycles. The highest BCUT2D eigenvalue weighted by atomic mass is 32.1. The summed E-state index contributed by atoms with van der Waals surface area (Å²) in [7, 11) is 0. The maximum absolute atomic E-state index is 12.8. The molecule has 1 aliphatic heterocycles. The minimum Gasteiger partial charge on any atom is -0.484 e. The topological polar surface area (TPSA) is 49.9 Å². The third-order valence-corrected chi connectivity index (χ3v) is 6.08. The third-order valence-electron chi connectivity index (χ3n) is 4.97. The molecule has 9 heteroatoms. The summed E-state index contributed by atoms with van der Waals surface area (Å²) < 4.78 is 42.8. The predicted octanol–water partition coefficient (Wildman–Crippen LogP) is 4.44. The van der Waals surface area contributed by atoms with Crippen LogP contribution in [0.25, 0.3) is 10.1 Å². The summed E-state index contributed by atoms with van der Waals surface area (Å²) in [4.78, 5) is 29.6. The van der Waals surface area contributed by atoms with E-state index in [2.05, 4.69) is 0 Å². The number of piperazine rings is 1. The van der Waals surface area contributed by atoms with Crippen LogP contribution in [0.2, 0.25) is 0 Å². The van der Waals surface area contributed by atoms with Crippen molar-refractivity contribution in [2.75, 3.05) is 32.8 Å². The van der Waals surface area contributed by atoms with E-state index < -0.39 is 12.8 Å². The van der Waals surface area contributed by atoms with Crippen molar-refractivity contribution in [3.8, 4) is 5.75 Å². The van der Waals surface area contributed by atoms with Gasteiger partial charge in [0.15, 0.2) is 6.61 Å². The lowest BCUT2D eigenvalue weighted by Crippen LogP contribution is -2.50. The number of carbonyl (C=O) groups is 2. The van der Waals surface area contributed by atoms with Gasteiger partial charge in [0.1, 0.15) is 5.75 Å². The van der Waals surface area contributed by atoms with Gasteiger partial charge in [0.25, 0.3) is 11.8 Å². The van der Waals surface area contributed by atoms with Gasteiger partial charge in [-0.3, -0.25) is 9.59 Å². The molecular formula is C22H19F3N2O3S. The monoisotopic (exact) mass is 448 g/mol. The average molecular weight is 448 g/mol. The van der Waals surface area contributed by atoms with E-state index in [0.717, 1.165) is 10.1 Å². The van der Waals surface area contributed by atoms with E-state index in [0.29, 0.717) is 31.1 Å². The zero-order valence-corrected chi connectivity index (χ0v) is 17.2. The van der Waals surface area contributed by atoms with Crippen LogP contribution in [0.1, 0.15) is 20.0 Å². The number of halogens is 3. The molecule has 0 spiro atoms. The van der Waals surface area contributed by atoms with Crippen molar-refractivity contribution in [3.63, 3.8) is 0 Å². The third kappa shape index (κ3) is 4.99. The molecule has 162 valence electrons.